The summed E-state index contributed by atoms with van der Waals surface area (Å²) in [6.07, 6.45) is 3.34. The van der Waals surface area contributed by atoms with Gasteiger partial charge in [-0.15, -0.1) is 0 Å². The maximum atomic E-state index is 13.5. The molecule has 0 saturated carbocycles. The number of piperidine rings is 1. The first-order chi connectivity index (χ1) is 14.7. The Labute approximate surface area is 172 Å². The molecular weight excluding hydrogens is 383 g/mol. The van der Waals surface area contributed by atoms with Crippen LogP contribution < -0.4 is 0 Å². The van der Waals surface area contributed by atoms with Crippen LogP contribution in [0, 0.1) is 5.82 Å². The van der Waals surface area contributed by atoms with Gasteiger partial charge in [-0.2, -0.15) is 4.98 Å². The van der Waals surface area contributed by atoms with Crippen molar-refractivity contribution < 1.29 is 13.7 Å². The average Bonchev–Trinajstić information content (AvgIpc) is 3.29. The number of rotatable bonds is 3. The van der Waals surface area contributed by atoms with E-state index in [0.717, 1.165) is 23.6 Å². The lowest BCUT2D eigenvalue weighted by molar-refractivity contribution is 0.0692. The zero-order chi connectivity index (χ0) is 20.5. The fourth-order valence-corrected chi connectivity index (χ4v) is 3.95. The number of amides is 1. The number of carbonyl (C=O) groups excluding carboxylic acids is 1. The normalized spacial score (nSPS) is 16.7. The molecule has 1 amide bonds. The molecule has 2 aromatic carbocycles. The van der Waals surface area contributed by atoms with Crippen LogP contribution in [0.15, 0.2) is 65.3 Å². The second kappa shape index (κ2) is 7.67. The van der Waals surface area contributed by atoms with Gasteiger partial charge >= 0.3 is 0 Å². The quantitative estimate of drug-likeness (QED) is 0.506. The highest BCUT2D eigenvalue weighted by Crippen LogP contribution is 2.29. The van der Waals surface area contributed by atoms with Crippen LogP contribution in [-0.2, 0) is 0 Å². The summed E-state index contributed by atoms with van der Waals surface area (Å²) in [6.45, 7) is 1.14. The molecule has 150 valence electrons. The molecular formula is C23H19FN4O2. The zero-order valence-corrected chi connectivity index (χ0v) is 16.2. The Morgan fingerprint density at radius 1 is 1.13 bits per heavy atom. The van der Waals surface area contributed by atoms with Crippen molar-refractivity contribution in [1.82, 2.24) is 20.0 Å². The van der Waals surface area contributed by atoms with E-state index in [1.165, 1.54) is 12.1 Å². The largest absolute Gasteiger partial charge is 0.339 e. The van der Waals surface area contributed by atoms with E-state index in [2.05, 4.69) is 15.1 Å². The lowest BCUT2D eigenvalue weighted by atomic mass is 9.97. The van der Waals surface area contributed by atoms with Crippen molar-refractivity contribution in [2.75, 3.05) is 13.1 Å². The first kappa shape index (κ1) is 18.4. The third kappa shape index (κ3) is 3.43. The fourth-order valence-electron chi connectivity index (χ4n) is 3.95. The molecule has 1 fully saturated rings. The van der Waals surface area contributed by atoms with E-state index in [9.17, 15) is 9.18 Å². The number of benzene rings is 2. The van der Waals surface area contributed by atoms with E-state index in [0.29, 0.717) is 36.1 Å². The number of aromatic nitrogens is 3. The van der Waals surface area contributed by atoms with Gasteiger partial charge in [0.25, 0.3) is 5.91 Å². The Balaban J connectivity index is 1.38. The van der Waals surface area contributed by atoms with Crippen molar-refractivity contribution in [2.45, 2.75) is 18.8 Å². The van der Waals surface area contributed by atoms with Gasteiger partial charge in [-0.3, -0.25) is 9.78 Å². The SMILES string of the molecule is O=C(c1nccc2ccccc12)N1CCCC(c2nc(-c3cccc(F)c3)no2)C1. The molecule has 0 spiro atoms. The summed E-state index contributed by atoms with van der Waals surface area (Å²) >= 11 is 0. The van der Waals surface area contributed by atoms with E-state index in [-0.39, 0.29) is 17.6 Å². The monoisotopic (exact) mass is 402 g/mol. The molecule has 0 N–H and O–H groups in total. The summed E-state index contributed by atoms with van der Waals surface area (Å²) in [5.41, 5.74) is 1.02. The van der Waals surface area contributed by atoms with Crippen molar-refractivity contribution in [3.63, 3.8) is 0 Å². The maximum Gasteiger partial charge on any atom is 0.273 e. The number of hydrogen-bond donors (Lipinski definition) is 0. The maximum absolute atomic E-state index is 13.5. The predicted octanol–water partition coefficient (Wildman–Crippen LogP) is 4.44. The van der Waals surface area contributed by atoms with Crippen LogP contribution in [0.5, 0.6) is 0 Å². The van der Waals surface area contributed by atoms with E-state index in [1.54, 1.807) is 23.2 Å². The van der Waals surface area contributed by atoms with Crippen molar-refractivity contribution >= 4 is 16.7 Å². The Kier molecular flexibility index (Phi) is 4.71. The van der Waals surface area contributed by atoms with E-state index < -0.39 is 0 Å². The van der Waals surface area contributed by atoms with Crippen molar-refractivity contribution in [3.05, 3.63) is 78.2 Å². The molecule has 1 aliphatic heterocycles. The van der Waals surface area contributed by atoms with Crippen LogP contribution in [0.25, 0.3) is 22.2 Å². The lowest BCUT2D eigenvalue weighted by Gasteiger charge is -2.31. The summed E-state index contributed by atoms with van der Waals surface area (Å²) in [6, 6.07) is 15.7. The fraction of sp³-hybridized carbons (Fsp3) is 0.217. The van der Waals surface area contributed by atoms with Gasteiger partial charge in [-0.1, -0.05) is 41.6 Å². The molecule has 1 unspecified atom stereocenters. The number of nitrogens with zero attached hydrogens (tertiary/aromatic N) is 4. The second-order valence-corrected chi connectivity index (χ2v) is 7.44. The Bertz CT molecular complexity index is 1220. The van der Waals surface area contributed by atoms with Gasteiger partial charge in [0.05, 0.1) is 5.92 Å². The molecule has 4 aromatic rings. The third-order valence-electron chi connectivity index (χ3n) is 5.46. The van der Waals surface area contributed by atoms with Gasteiger partial charge in [0.15, 0.2) is 0 Å². The van der Waals surface area contributed by atoms with Gasteiger partial charge < -0.3 is 9.42 Å². The van der Waals surface area contributed by atoms with Gasteiger partial charge in [0.1, 0.15) is 11.5 Å². The Hall–Kier alpha value is -3.61. The molecule has 1 atom stereocenters. The number of pyridine rings is 1. The highest BCUT2D eigenvalue weighted by molar-refractivity contribution is 6.05. The Morgan fingerprint density at radius 2 is 2.03 bits per heavy atom. The topological polar surface area (TPSA) is 72.1 Å². The van der Waals surface area contributed by atoms with Crippen LogP contribution in [0.4, 0.5) is 4.39 Å². The van der Waals surface area contributed by atoms with E-state index in [1.807, 2.05) is 30.3 Å². The van der Waals surface area contributed by atoms with Gasteiger partial charge in [0, 0.05) is 30.2 Å². The number of likely N-dealkylation sites (tertiary alicyclic amines) is 1. The molecule has 30 heavy (non-hydrogen) atoms. The van der Waals surface area contributed by atoms with Crippen molar-refractivity contribution in [3.8, 4) is 11.4 Å². The zero-order valence-electron chi connectivity index (χ0n) is 16.2. The number of halogens is 1. The molecule has 0 aliphatic carbocycles. The molecule has 0 bridgehead atoms. The van der Waals surface area contributed by atoms with Crippen molar-refractivity contribution in [2.24, 2.45) is 0 Å². The first-order valence-electron chi connectivity index (χ1n) is 9.91. The van der Waals surface area contributed by atoms with Crippen molar-refractivity contribution in [1.29, 1.82) is 0 Å². The number of carbonyl (C=O) groups is 1. The van der Waals surface area contributed by atoms with Crippen LogP contribution in [0.2, 0.25) is 0 Å². The van der Waals surface area contributed by atoms with Gasteiger partial charge in [-0.05, 0) is 36.4 Å². The predicted molar refractivity (Wildman–Crippen MR) is 109 cm³/mol. The minimum Gasteiger partial charge on any atom is -0.339 e. The lowest BCUT2D eigenvalue weighted by Crippen LogP contribution is -2.39. The molecule has 7 heteroatoms. The third-order valence-corrected chi connectivity index (χ3v) is 5.46. The Morgan fingerprint density at radius 3 is 2.93 bits per heavy atom. The van der Waals surface area contributed by atoms with Crippen LogP contribution >= 0.6 is 0 Å². The van der Waals surface area contributed by atoms with Gasteiger partial charge in [-0.25, -0.2) is 4.39 Å². The standard InChI is InChI=1S/C23H19FN4O2/c24-18-8-3-6-16(13-18)21-26-22(30-27-21)17-7-4-12-28(14-17)23(29)20-19-9-2-1-5-15(19)10-11-25-20/h1-3,5-6,8-11,13,17H,4,7,12,14H2. The summed E-state index contributed by atoms with van der Waals surface area (Å²) in [5, 5.41) is 5.84. The van der Waals surface area contributed by atoms with Crippen LogP contribution in [0.3, 0.4) is 0 Å². The molecule has 0 radical (unpaired) electrons. The summed E-state index contributed by atoms with van der Waals surface area (Å²) in [7, 11) is 0. The summed E-state index contributed by atoms with van der Waals surface area (Å²) < 4.78 is 19.0. The first-order valence-corrected chi connectivity index (χ1v) is 9.91. The highest BCUT2D eigenvalue weighted by Gasteiger charge is 2.30. The van der Waals surface area contributed by atoms with E-state index in [4.69, 9.17) is 4.52 Å². The highest BCUT2D eigenvalue weighted by atomic mass is 19.1. The second-order valence-electron chi connectivity index (χ2n) is 7.44. The van der Waals surface area contributed by atoms with Crippen LogP contribution in [0.1, 0.15) is 35.1 Å². The minimum atomic E-state index is -0.351. The number of fused-ring (bicyclic) bond motifs is 1. The summed E-state index contributed by atoms with van der Waals surface area (Å²) in [4.78, 5) is 23.8. The number of hydrogen-bond acceptors (Lipinski definition) is 5. The molecule has 1 saturated heterocycles. The average molecular weight is 402 g/mol. The minimum absolute atomic E-state index is 0.0625. The molecule has 2 aromatic heterocycles. The summed E-state index contributed by atoms with van der Waals surface area (Å²) in [5.74, 6) is 0.311. The molecule has 6 nitrogen and oxygen atoms in total. The molecule has 1 aliphatic rings. The molecule has 5 rings (SSSR count). The van der Waals surface area contributed by atoms with E-state index >= 15 is 0 Å². The smallest absolute Gasteiger partial charge is 0.273 e. The molecule has 3 heterocycles. The van der Waals surface area contributed by atoms with Crippen LogP contribution in [-0.4, -0.2) is 39.0 Å². The van der Waals surface area contributed by atoms with Gasteiger partial charge in [0.2, 0.25) is 11.7 Å².